The zero-order chi connectivity index (χ0) is 18.1. The van der Waals surface area contributed by atoms with Crippen molar-refractivity contribution >= 4 is 17.4 Å². The number of nitrogens with zero attached hydrogens (tertiary/aromatic N) is 3. The number of rotatable bonds is 2. The molecule has 0 bridgehead atoms. The molecule has 1 aliphatic rings. The topological polar surface area (TPSA) is 53.6 Å². The van der Waals surface area contributed by atoms with Gasteiger partial charge < -0.3 is 5.32 Å². The number of nitrogens with one attached hydrogen (secondary N) is 1. The number of anilines is 1. The lowest BCUT2D eigenvalue weighted by Gasteiger charge is -2.10. The van der Waals surface area contributed by atoms with E-state index in [9.17, 15) is 9.65 Å². The van der Waals surface area contributed by atoms with Crippen LogP contribution in [0.2, 0.25) is 5.02 Å². The van der Waals surface area contributed by atoms with E-state index in [-0.39, 0.29) is 5.82 Å². The molecule has 0 atom stereocenters. The minimum Gasteiger partial charge on any atom is -0.370 e. The molecule has 0 saturated heterocycles. The maximum absolute atomic E-state index is 13.5. The fourth-order valence-corrected chi connectivity index (χ4v) is 3.58. The zero-order valence-corrected chi connectivity index (χ0v) is 14.7. The normalized spacial score (nSPS) is 13.4. The summed E-state index contributed by atoms with van der Waals surface area (Å²) < 4.78 is 15.2. The first kappa shape index (κ1) is 16.6. The van der Waals surface area contributed by atoms with Crippen molar-refractivity contribution in [1.29, 1.82) is 5.26 Å². The average molecular weight is 367 g/mol. The summed E-state index contributed by atoms with van der Waals surface area (Å²) in [6.45, 7) is 0.837. The second-order valence-corrected chi connectivity index (χ2v) is 6.63. The van der Waals surface area contributed by atoms with Gasteiger partial charge in [0.1, 0.15) is 17.7 Å². The highest BCUT2D eigenvalue weighted by molar-refractivity contribution is 6.33. The van der Waals surface area contributed by atoms with Crippen molar-refractivity contribution in [3.63, 3.8) is 0 Å². The Morgan fingerprint density at radius 1 is 1.19 bits per heavy atom. The SMILES string of the molecule is N#Cc1ccccc1-n1nc(-c2ccc(F)cc2Cl)c2c1NCCCC2. The van der Waals surface area contributed by atoms with Gasteiger partial charge in [0, 0.05) is 17.7 Å². The number of para-hydroxylation sites is 1. The first-order valence-electron chi connectivity index (χ1n) is 8.49. The van der Waals surface area contributed by atoms with E-state index in [4.69, 9.17) is 16.7 Å². The largest absolute Gasteiger partial charge is 0.370 e. The lowest BCUT2D eigenvalue weighted by atomic mass is 10.0. The van der Waals surface area contributed by atoms with Crippen molar-refractivity contribution in [3.05, 3.63) is 64.4 Å². The molecule has 4 nitrogen and oxygen atoms in total. The Labute approximate surface area is 155 Å². The first-order valence-corrected chi connectivity index (χ1v) is 8.87. The number of aromatic nitrogens is 2. The molecule has 0 saturated carbocycles. The van der Waals surface area contributed by atoms with Gasteiger partial charge in [-0.2, -0.15) is 10.4 Å². The molecule has 0 radical (unpaired) electrons. The summed E-state index contributed by atoms with van der Waals surface area (Å²) in [6.07, 6.45) is 2.92. The van der Waals surface area contributed by atoms with Crippen LogP contribution in [0, 0.1) is 17.1 Å². The molecule has 0 spiro atoms. The summed E-state index contributed by atoms with van der Waals surface area (Å²) >= 11 is 6.30. The van der Waals surface area contributed by atoms with Crippen molar-refractivity contribution in [1.82, 2.24) is 9.78 Å². The highest BCUT2D eigenvalue weighted by atomic mass is 35.5. The predicted octanol–water partition coefficient (Wildman–Crippen LogP) is 4.95. The van der Waals surface area contributed by atoms with E-state index in [1.165, 1.54) is 12.1 Å². The molecule has 2 heterocycles. The molecule has 1 aliphatic heterocycles. The van der Waals surface area contributed by atoms with Crippen LogP contribution in [0.25, 0.3) is 16.9 Å². The molecule has 0 amide bonds. The highest BCUT2D eigenvalue weighted by Crippen LogP contribution is 2.37. The van der Waals surface area contributed by atoms with Gasteiger partial charge in [0.05, 0.1) is 22.0 Å². The van der Waals surface area contributed by atoms with Crippen LogP contribution in [0.1, 0.15) is 24.0 Å². The summed E-state index contributed by atoms with van der Waals surface area (Å²) in [5.74, 6) is 0.498. The van der Waals surface area contributed by atoms with Crippen LogP contribution in [0.5, 0.6) is 0 Å². The second kappa shape index (κ2) is 6.81. The van der Waals surface area contributed by atoms with Crippen LogP contribution >= 0.6 is 11.6 Å². The number of fused-ring (bicyclic) bond motifs is 1. The van der Waals surface area contributed by atoms with E-state index in [1.54, 1.807) is 16.8 Å². The smallest absolute Gasteiger partial charge is 0.133 e. The van der Waals surface area contributed by atoms with E-state index in [1.807, 2.05) is 18.2 Å². The number of nitriles is 1. The van der Waals surface area contributed by atoms with Gasteiger partial charge in [0.25, 0.3) is 0 Å². The average Bonchev–Trinajstić information content (AvgIpc) is 2.83. The Bertz CT molecular complexity index is 1020. The third-order valence-corrected chi connectivity index (χ3v) is 4.88. The third-order valence-electron chi connectivity index (χ3n) is 4.57. The van der Waals surface area contributed by atoms with E-state index < -0.39 is 0 Å². The van der Waals surface area contributed by atoms with Crippen molar-refractivity contribution in [2.75, 3.05) is 11.9 Å². The number of hydrogen-bond donors (Lipinski definition) is 1. The van der Waals surface area contributed by atoms with E-state index >= 15 is 0 Å². The van der Waals surface area contributed by atoms with Gasteiger partial charge in [0.15, 0.2) is 0 Å². The Morgan fingerprint density at radius 3 is 2.85 bits per heavy atom. The lowest BCUT2D eigenvalue weighted by molar-refractivity contribution is 0.628. The number of benzene rings is 2. The van der Waals surface area contributed by atoms with Crippen molar-refractivity contribution < 1.29 is 4.39 Å². The number of halogens is 2. The standard InChI is InChI=1S/C20H16ClFN4/c21-17-11-14(22)8-9-15(17)19-16-6-3-4-10-24-20(16)26(25-19)18-7-2-1-5-13(18)12-23/h1-2,5,7-9,11,24H,3-4,6,10H2. The number of hydrogen-bond acceptors (Lipinski definition) is 3. The summed E-state index contributed by atoms with van der Waals surface area (Å²) in [5, 5.41) is 18.0. The van der Waals surface area contributed by atoms with Crippen LogP contribution in [0.4, 0.5) is 10.2 Å². The maximum Gasteiger partial charge on any atom is 0.133 e. The van der Waals surface area contributed by atoms with Gasteiger partial charge in [-0.15, -0.1) is 0 Å². The van der Waals surface area contributed by atoms with Gasteiger partial charge in [-0.3, -0.25) is 0 Å². The monoisotopic (exact) mass is 366 g/mol. The first-order chi connectivity index (χ1) is 12.7. The van der Waals surface area contributed by atoms with Crippen LogP contribution in [-0.2, 0) is 6.42 Å². The summed E-state index contributed by atoms with van der Waals surface area (Å²) in [4.78, 5) is 0. The van der Waals surface area contributed by atoms with Crippen LogP contribution in [0.3, 0.4) is 0 Å². The van der Waals surface area contributed by atoms with E-state index in [0.29, 0.717) is 21.8 Å². The molecule has 3 aromatic rings. The van der Waals surface area contributed by atoms with Gasteiger partial charge in [-0.25, -0.2) is 9.07 Å². The van der Waals surface area contributed by atoms with Gasteiger partial charge >= 0.3 is 0 Å². The second-order valence-electron chi connectivity index (χ2n) is 6.22. The van der Waals surface area contributed by atoms with Gasteiger partial charge in [-0.05, 0) is 49.6 Å². The van der Waals surface area contributed by atoms with E-state index in [0.717, 1.165) is 42.9 Å². The molecule has 0 aliphatic carbocycles. The molecular formula is C20H16ClFN4. The molecule has 6 heteroatoms. The molecule has 0 unspecified atom stereocenters. The highest BCUT2D eigenvalue weighted by Gasteiger charge is 2.24. The minimum absolute atomic E-state index is 0.329. The Kier molecular flexibility index (Phi) is 4.36. The molecule has 130 valence electrons. The van der Waals surface area contributed by atoms with Gasteiger partial charge in [0.2, 0.25) is 0 Å². The molecule has 1 aromatic heterocycles. The fourth-order valence-electron chi connectivity index (χ4n) is 3.33. The maximum atomic E-state index is 13.5. The van der Waals surface area contributed by atoms with E-state index in [2.05, 4.69) is 11.4 Å². The lowest BCUT2D eigenvalue weighted by Crippen LogP contribution is -2.08. The van der Waals surface area contributed by atoms with Gasteiger partial charge in [-0.1, -0.05) is 23.7 Å². The molecular weight excluding hydrogens is 351 g/mol. The van der Waals surface area contributed by atoms with Crippen molar-refractivity contribution in [3.8, 4) is 23.0 Å². The summed E-state index contributed by atoms with van der Waals surface area (Å²) in [5.41, 5.74) is 3.72. The molecule has 1 N–H and O–H groups in total. The van der Waals surface area contributed by atoms with Crippen molar-refractivity contribution in [2.45, 2.75) is 19.3 Å². The Morgan fingerprint density at radius 2 is 2.04 bits per heavy atom. The molecule has 0 fully saturated rings. The summed E-state index contributed by atoms with van der Waals surface area (Å²) in [7, 11) is 0. The molecule has 26 heavy (non-hydrogen) atoms. The van der Waals surface area contributed by atoms with Crippen LogP contribution in [-0.4, -0.2) is 16.3 Å². The molecule has 2 aromatic carbocycles. The third kappa shape index (κ3) is 2.83. The quantitative estimate of drug-likeness (QED) is 0.698. The fraction of sp³-hybridized carbons (Fsp3) is 0.200. The Balaban J connectivity index is 1.97. The Hall–Kier alpha value is -2.84. The molecule has 4 rings (SSSR count). The minimum atomic E-state index is -0.378. The summed E-state index contributed by atoms with van der Waals surface area (Å²) in [6, 6.07) is 13.9. The van der Waals surface area contributed by atoms with Crippen LogP contribution in [0.15, 0.2) is 42.5 Å². The predicted molar refractivity (Wildman–Crippen MR) is 100 cm³/mol. The zero-order valence-electron chi connectivity index (χ0n) is 14.0. The van der Waals surface area contributed by atoms with Crippen LogP contribution < -0.4 is 5.32 Å². The van der Waals surface area contributed by atoms with Crippen molar-refractivity contribution in [2.24, 2.45) is 0 Å².